The van der Waals surface area contributed by atoms with Crippen LogP contribution in [0.1, 0.15) is 25.5 Å². The van der Waals surface area contributed by atoms with Crippen molar-refractivity contribution in [2.75, 3.05) is 0 Å². The van der Waals surface area contributed by atoms with Crippen LogP contribution in [0.3, 0.4) is 0 Å². The first-order chi connectivity index (χ1) is 7.68. The van der Waals surface area contributed by atoms with Crippen LogP contribution in [0, 0.1) is 5.82 Å². The molecule has 0 unspecified atom stereocenters. The maximum atomic E-state index is 13.7. The van der Waals surface area contributed by atoms with Gasteiger partial charge >= 0.3 is 0 Å². The molecule has 82 valence electrons. The number of hydrogen-bond donors (Lipinski definition) is 0. The number of hydrogen-bond acceptors (Lipinski definition) is 3. The lowest BCUT2D eigenvalue weighted by Gasteiger charge is -2.06. The van der Waals surface area contributed by atoms with E-state index in [9.17, 15) is 4.39 Å². The van der Waals surface area contributed by atoms with E-state index < -0.39 is 0 Å². The predicted octanol–water partition coefficient (Wildman–Crippen LogP) is 2.80. The summed E-state index contributed by atoms with van der Waals surface area (Å²) in [6, 6.07) is 3.15. The molecule has 0 N–H and O–H groups in total. The first-order valence-electron chi connectivity index (χ1n) is 5.11. The van der Waals surface area contributed by atoms with Gasteiger partial charge in [0.2, 0.25) is 0 Å². The first kappa shape index (κ1) is 10.7. The Balaban J connectivity index is 2.43. The second-order valence-corrected chi connectivity index (χ2v) is 3.82. The third-order valence-corrected chi connectivity index (χ3v) is 2.24. The third kappa shape index (κ3) is 2.05. The molecule has 0 aliphatic carbocycles. The van der Waals surface area contributed by atoms with E-state index in [0.29, 0.717) is 17.1 Å². The van der Waals surface area contributed by atoms with Gasteiger partial charge in [-0.3, -0.25) is 4.98 Å². The van der Waals surface area contributed by atoms with Crippen LogP contribution in [0.4, 0.5) is 4.39 Å². The highest BCUT2D eigenvalue weighted by Crippen LogP contribution is 2.20. The Labute approximate surface area is 93.4 Å². The molecule has 0 aliphatic rings. The highest BCUT2D eigenvalue weighted by molar-refractivity contribution is 5.53. The van der Waals surface area contributed by atoms with Gasteiger partial charge in [-0.1, -0.05) is 13.8 Å². The fourth-order valence-corrected chi connectivity index (χ4v) is 1.44. The zero-order chi connectivity index (χ0) is 11.5. The Kier molecular flexibility index (Phi) is 2.90. The Morgan fingerprint density at radius 2 is 1.81 bits per heavy atom. The van der Waals surface area contributed by atoms with Crippen LogP contribution in [0.2, 0.25) is 0 Å². The van der Waals surface area contributed by atoms with E-state index in [4.69, 9.17) is 0 Å². The van der Waals surface area contributed by atoms with Crippen LogP contribution >= 0.6 is 0 Å². The maximum Gasteiger partial charge on any atom is 0.160 e. The SMILES string of the molecule is CC(C)c1ncc(-c2ncccn2)cc1F. The van der Waals surface area contributed by atoms with Crippen molar-refractivity contribution in [1.82, 2.24) is 15.0 Å². The lowest BCUT2D eigenvalue weighted by molar-refractivity contribution is 0.585. The topological polar surface area (TPSA) is 38.7 Å². The number of halogens is 1. The average Bonchev–Trinajstić information content (AvgIpc) is 2.29. The predicted molar refractivity (Wildman–Crippen MR) is 59.3 cm³/mol. The molecule has 2 aromatic rings. The van der Waals surface area contributed by atoms with Crippen molar-refractivity contribution in [2.45, 2.75) is 19.8 Å². The van der Waals surface area contributed by atoms with Crippen molar-refractivity contribution >= 4 is 0 Å². The zero-order valence-corrected chi connectivity index (χ0v) is 9.18. The van der Waals surface area contributed by atoms with Crippen LogP contribution < -0.4 is 0 Å². The summed E-state index contributed by atoms with van der Waals surface area (Å²) < 4.78 is 13.7. The second kappa shape index (κ2) is 4.35. The molecule has 3 nitrogen and oxygen atoms in total. The van der Waals surface area contributed by atoms with Crippen molar-refractivity contribution in [3.05, 3.63) is 42.2 Å². The molecule has 0 amide bonds. The molecule has 0 aromatic carbocycles. The molecule has 0 saturated carbocycles. The monoisotopic (exact) mass is 217 g/mol. The van der Waals surface area contributed by atoms with E-state index in [2.05, 4.69) is 15.0 Å². The summed E-state index contributed by atoms with van der Waals surface area (Å²) in [5.74, 6) is 0.259. The highest BCUT2D eigenvalue weighted by atomic mass is 19.1. The molecule has 2 rings (SSSR count). The van der Waals surface area contributed by atoms with Gasteiger partial charge < -0.3 is 0 Å². The van der Waals surface area contributed by atoms with E-state index in [1.165, 1.54) is 6.07 Å². The van der Waals surface area contributed by atoms with Gasteiger partial charge in [0.1, 0.15) is 5.82 Å². The van der Waals surface area contributed by atoms with Crippen LogP contribution in [0.5, 0.6) is 0 Å². The summed E-state index contributed by atoms with van der Waals surface area (Å²) in [5.41, 5.74) is 1.07. The summed E-state index contributed by atoms with van der Waals surface area (Å²) >= 11 is 0. The molecule has 0 radical (unpaired) electrons. The van der Waals surface area contributed by atoms with Gasteiger partial charge in [0, 0.05) is 24.2 Å². The lowest BCUT2D eigenvalue weighted by atomic mass is 10.1. The molecule has 0 saturated heterocycles. The van der Waals surface area contributed by atoms with Crippen molar-refractivity contribution in [1.29, 1.82) is 0 Å². The van der Waals surface area contributed by atoms with Gasteiger partial charge in [-0.05, 0) is 18.1 Å². The Morgan fingerprint density at radius 3 is 2.38 bits per heavy atom. The Morgan fingerprint density at radius 1 is 1.12 bits per heavy atom. The molecule has 0 aliphatic heterocycles. The molecule has 16 heavy (non-hydrogen) atoms. The lowest BCUT2D eigenvalue weighted by Crippen LogP contribution is -1.98. The smallest absolute Gasteiger partial charge is 0.160 e. The minimum absolute atomic E-state index is 0.0748. The van der Waals surface area contributed by atoms with Crippen molar-refractivity contribution < 1.29 is 4.39 Å². The highest BCUT2D eigenvalue weighted by Gasteiger charge is 2.10. The molecular weight excluding hydrogens is 205 g/mol. The standard InChI is InChI=1S/C12H12FN3/c1-8(2)11-10(13)6-9(7-16-11)12-14-4-3-5-15-12/h3-8H,1-2H3. The van der Waals surface area contributed by atoms with E-state index in [0.717, 1.165) is 0 Å². The summed E-state index contributed by atoms with van der Waals surface area (Å²) in [4.78, 5) is 12.2. The van der Waals surface area contributed by atoms with Gasteiger partial charge in [0.25, 0.3) is 0 Å². The number of nitrogens with zero attached hydrogens (tertiary/aromatic N) is 3. The molecule has 0 spiro atoms. The van der Waals surface area contributed by atoms with Crippen LogP contribution in [-0.2, 0) is 0 Å². The molecule has 2 heterocycles. The quantitative estimate of drug-likeness (QED) is 0.776. The van der Waals surface area contributed by atoms with Crippen molar-refractivity contribution in [3.63, 3.8) is 0 Å². The van der Waals surface area contributed by atoms with E-state index in [1.54, 1.807) is 24.7 Å². The fourth-order valence-electron chi connectivity index (χ4n) is 1.44. The summed E-state index contributed by atoms with van der Waals surface area (Å²) in [7, 11) is 0. The normalized spacial score (nSPS) is 10.8. The van der Waals surface area contributed by atoms with Gasteiger partial charge in [-0.25, -0.2) is 14.4 Å². The van der Waals surface area contributed by atoms with Crippen LogP contribution in [0.25, 0.3) is 11.4 Å². The molecule has 2 aromatic heterocycles. The molecular formula is C12H12FN3. The summed E-state index contributed by atoms with van der Waals surface area (Å²) in [6.07, 6.45) is 4.85. The van der Waals surface area contributed by atoms with Crippen molar-refractivity contribution in [2.24, 2.45) is 0 Å². The van der Waals surface area contributed by atoms with Gasteiger partial charge in [-0.2, -0.15) is 0 Å². The van der Waals surface area contributed by atoms with Crippen LogP contribution in [-0.4, -0.2) is 15.0 Å². The second-order valence-electron chi connectivity index (χ2n) is 3.82. The van der Waals surface area contributed by atoms with E-state index in [1.807, 2.05) is 13.8 Å². The minimum Gasteiger partial charge on any atom is -0.257 e. The van der Waals surface area contributed by atoms with E-state index >= 15 is 0 Å². The number of aromatic nitrogens is 3. The third-order valence-electron chi connectivity index (χ3n) is 2.24. The maximum absolute atomic E-state index is 13.7. The number of pyridine rings is 1. The molecule has 0 bridgehead atoms. The minimum atomic E-state index is -0.306. The largest absolute Gasteiger partial charge is 0.257 e. The first-order valence-corrected chi connectivity index (χ1v) is 5.11. The van der Waals surface area contributed by atoms with Crippen molar-refractivity contribution in [3.8, 4) is 11.4 Å². The number of rotatable bonds is 2. The van der Waals surface area contributed by atoms with Gasteiger partial charge in [0.15, 0.2) is 5.82 Å². The molecule has 0 fully saturated rings. The Hall–Kier alpha value is -1.84. The fraction of sp³-hybridized carbons (Fsp3) is 0.250. The summed E-state index contributed by atoms with van der Waals surface area (Å²) in [5, 5.41) is 0. The average molecular weight is 217 g/mol. The zero-order valence-electron chi connectivity index (χ0n) is 9.18. The summed E-state index contributed by atoms with van der Waals surface area (Å²) in [6.45, 7) is 3.81. The van der Waals surface area contributed by atoms with Gasteiger partial charge in [-0.15, -0.1) is 0 Å². The van der Waals surface area contributed by atoms with Crippen LogP contribution in [0.15, 0.2) is 30.7 Å². The molecule has 0 atom stereocenters. The molecule has 4 heteroatoms. The Bertz CT molecular complexity index is 483. The van der Waals surface area contributed by atoms with Gasteiger partial charge in [0.05, 0.1) is 5.69 Å². The van der Waals surface area contributed by atoms with E-state index in [-0.39, 0.29) is 11.7 Å².